The number of ether oxygens (including phenoxy) is 1. The highest BCUT2D eigenvalue weighted by atomic mass is 19.3. The predicted octanol–water partition coefficient (Wildman–Crippen LogP) is 4.32. The van der Waals surface area contributed by atoms with Gasteiger partial charge in [-0.3, -0.25) is 9.48 Å². The number of nitrogens with one attached hydrogen (secondary N) is 1. The van der Waals surface area contributed by atoms with Crippen molar-refractivity contribution in [1.82, 2.24) is 14.8 Å². The third kappa shape index (κ3) is 4.82. The van der Waals surface area contributed by atoms with E-state index < -0.39 is 12.5 Å². The number of aliphatic hydroxyl groups excluding tert-OH is 1. The van der Waals surface area contributed by atoms with E-state index >= 15 is 0 Å². The van der Waals surface area contributed by atoms with Crippen LogP contribution in [0.4, 0.5) is 14.5 Å². The SMILES string of the molecule is Cc1cccc(C(=O)Nc2cc3cn([C@H]4CC[C@H](CO)CC4)nc3cc2OC(F)F)n1. The maximum absolute atomic E-state index is 13.0. The highest BCUT2D eigenvalue weighted by Gasteiger charge is 2.23. The molecule has 3 aromatic rings. The van der Waals surface area contributed by atoms with Crippen molar-refractivity contribution < 1.29 is 23.4 Å². The summed E-state index contributed by atoms with van der Waals surface area (Å²) in [5, 5.41) is 17.2. The minimum Gasteiger partial charge on any atom is -0.433 e. The number of halogens is 2. The Bertz CT molecular complexity index is 1080. The summed E-state index contributed by atoms with van der Waals surface area (Å²) in [6, 6.07) is 8.20. The molecule has 1 aliphatic carbocycles. The van der Waals surface area contributed by atoms with E-state index in [0.29, 0.717) is 22.5 Å². The molecule has 0 bridgehead atoms. The summed E-state index contributed by atoms with van der Waals surface area (Å²) in [6.45, 7) is -1.08. The van der Waals surface area contributed by atoms with Crippen LogP contribution in [0.2, 0.25) is 0 Å². The van der Waals surface area contributed by atoms with Gasteiger partial charge < -0.3 is 15.2 Å². The molecule has 1 amide bonds. The summed E-state index contributed by atoms with van der Waals surface area (Å²) < 4.78 is 32.5. The maximum Gasteiger partial charge on any atom is 0.387 e. The number of carbonyl (C=O) groups is 1. The van der Waals surface area contributed by atoms with Crippen LogP contribution < -0.4 is 10.1 Å². The molecule has 2 N–H and O–H groups in total. The van der Waals surface area contributed by atoms with Crippen LogP contribution in [0.15, 0.2) is 36.5 Å². The number of hydrogen-bond acceptors (Lipinski definition) is 5. The Morgan fingerprint density at radius 1 is 1.29 bits per heavy atom. The molecule has 1 aliphatic rings. The fraction of sp³-hybridized carbons (Fsp3) is 0.409. The number of aryl methyl sites for hydroxylation is 1. The molecule has 4 rings (SSSR count). The van der Waals surface area contributed by atoms with Crippen molar-refractivity contribution in [2.75, 3.05) is 11.9 Å². The molecule has 0 atom stereocenters. The molecule has 0 radical (unpaired) electrons. The van der Waals surface area contributed by atoms with Crippen LogP contribution in [0.25, 0.3) is 10.9 Å². The average molecular weight is 430 g/mol. The number of hydrogen-bond donors (Lipinski definition) is 2. The zero-order valence-electron chi connectivity index (χ0n) is 17.1. The Hall–Kier alpha value is -3.07. The van der Waals surface area contributed by atoms with Gasteiger partial charge in [0.25, 0.3) is 5.91 Å². The number of anilines is 1. The highest BCUT2D eigenvalue weighted by Crippen LogP contribution is 2.35. The van der Waals surface area contributed by atoms with E-state index in [1.54, 1.807) is 31.2 Å². The number of aliphatic hydroxyl groups is 1. The average Bonchev–Trinajstić information content (AvgIpc) is 3.16. The first kappa shape index (κ1) is 21.2. The van der Waals surface area contributed by atoms with Gasteiger partial charge in [0.2, 0.25) is 0 Å². The fourth-order valence-corrected chi connectivity index (χ4v) is 4.00. The number of pyridine rings is 1. The lowest BCUT2D eigenvalue weighted by Crippen LogP contribution is -2.20. The lowest BCUT2D eigenvalue weighted by atomic mass is 9.87. The first-order valence-corrected chi connectivity index (χ1v) is 10.3. The molecule has 1 saturated carbocycles. The smallest absolute Gasteiger partial charge is 0.387 e. The molecule has 7 nitrogen and oxygen atoms in total. The topological polar surface area (TPSA) is 89.3 Å². The van der Waals surface area contributed by atoms with Gasteiger partial charge in [0.1, 0.15) is 5.69 Å². The standard InChI is InChI=1S/C22H24F2N4O3/c1-13-3-2-4-17(25-13)21(30)26-19-9-15-11-28(16-7-5-14(12-29)6-8-16)27-18(15)10-20(19)31-22(23)24/h2-4,9-11,14,16,22,29H,5-8,12H2,1H3,(H,26,30)/t14-,16-. The Morgan fingerprint density at radius 3 is 2.74 bits per heavy atom. The van der Waals surface area contributed by atoms with E-state index in [1.807, 2.05) is 10.9 Å². The van der Waals surface area contributed by atoms with Crippen molar-refractivity contribution in [3.63, 3.8) is 0 Å². The van der Waals surface area contributed by atoms with E-state index in [0.717, 1.165) is 25.7 Å². The largest absolute Gasteiger partial charge is 0.433 e. The van der Waals surface area contributed by atoms with Crippen molar-refractivity contribution in [3.05, 3.63) is 47.9 Å². The fourth-order valence-electron chi connectivity index (χ4n) is 4.00. The molecular formula is C22H24F2N4O3. The first-order chi connectivity index (χ1) is 14.9. The lowest BCUT2D eigenvalue weighted by Gasteiger charge is -2.27. The van der Waals surface area contributed by atoms with Gasteiger partial charge in [-0.1, -0.05) is 6.07 Å². The van der Waals surface area contributed by atoms with Crippen molar-refractivity contribution >= 4 is 22.5 Å². The number of benzene rings is 1. The van der Waals surface area contributed by atoms with Gasteiger partial charge in [-0.2, -0.15) is 13.9 Å². The number of nitrogens with zero attached hydrogens (tertiary/aromatic N) is 3. The van der Waals surface area contributed by atoms with Crippen LogP contribution >= 0.6 is 0 Å². The van der Waals surface area contributed by atoms with Crippen LogP contribution in [0.3, 0.4) is 0 Å². The van der Waals surface area contributed by atoms with Gasteiger partial charge in [0.05, 0.1) is 17.2 Å². The molecule has 2 heterocycles. The molecular weight excluding hydrogens is 406 g/mol. The Morgan fingerprint density at radius 2 is 2.06 bits per heavy atom. The van der Waals surface area contributed by atoms with Gasteiger partial charge in [-0.05, 0) is 56.7 Å². The number of amides is 1. The van der Waals surface area contributed by atoms with E-state index in [-0.39, 0.29) is 29.8 Å². The normalized spacial score (nSPS) is 19.0. The third-order valence-corrected chi connectivity index (χ3v) is 5.66. The summed E-state index contributed by atoms with van der Waals surface area (Å²) in [6.07, 6.45) is 5.47. The number of carbonyl (C=O) groups excluding carboxylic acids is 1. The number of aromatic nitrogens is 3. The minimum absolute atomic E-state index is 0.129. The summed E-state index contributed by atoms with van der Waals surface area (Å²) in [5.74, 6) is -0.348. The van der Waals surface area contributed by atoms with E-state index in [9.17, 15) is 18.7 Å². The number of alkyl halides is 2. The van der Waals surface area contributed by atoms with Crippen LogP contribution in [-0.2, 0) is 0 Å². The second-order valence-corrected chi connectivity index (χ2v) is 7.87. The molecule has 0 unspecified atom stereocenters. The molecule has 1 fully saturated rings. The van der Waals surface area contributed by atoms with Crippen LogP contribution in [0, 0.1) is 12.8 Å². The summed E-state index contributed by atoms with van der Waals surface area (Å²) >= 11 is 0. The van der Waals surface area contributed by atoms with E-state index in [1.165, 1.54) is 6.07 Å². The van der Waals surface area contributed by atoms with Crippen LogP contribution in [0.1, 0.15) is 47.9 Å². The van der Waals surface area contributed by atoms with Crippen molar-refractivity contribution in [3.8, 4) is 5.75 Å². The zero-order valence-corrected chi connectivity index (χ0v) is 17.1. The molecule has 0 spiro atoms. The molecule has 9 heteroatoms. The Labute approximate surface area is 178 Å². The second kappa shape index (κ2) is 8.97. The monoisotopic (exact) mass is 430 g/mol. The van der Waals surface area contributed by atoms with E-state index in [2.05, 4.69) is 20.1 Å². The van der Waals surface area contributed by atoms with Gasteiger partial charge in [0.15, 0.2) is 5.75 Å². The van der Waals surface area contributed by atoms with Crippen molar-refractivity contribution in [2.45, 2.75) is 45.3 Å². The number of fused-ring (bicyclic) bond motifs is 1. The third-order valence-electron chi connectivity index (χ3n) is 5.66. The van der Waals surface area contributed by atoms with Crippen LogP contribution in [0.5, 0.6) is 5.75 Å². The molecule has 0 aliphatic heterocycles. The minimum atomic E-state index is -3.04. The number of rotatable bonds is 6. The predicted molar refractivity (Wildman–Crippen MR) is 111 cm³/mol. The lowest BCUT2D eigenvalue weighted by molar-refractivity contribution is -0.0493. The molecule has 164 valence electrons. The molecule has 1 aromatic carbocycles. The highest BCUT2D eigenvalue weighted by molar-refractivity contribution is 6.05. The summed E-state index contributed by atoms with van der Waals surface area (Å²) in [5.41, 5.74) is 1.49. The molecule has 2 aromatic heterocycles. The summed E-state index contributed by atoms with van der Waals surface area (Å²) in [4.78, 5) is 16.8. The Balaban J connectivity index is 1.63. The molecule has 31 heavy (non-hydrogen) atoms. The maximum atomic E-state index is 13.0. The van der Waals surface area contributed by atoms with Crippen LogP contribution in [-0.4, -0.2) is 39.0 Å². The summed E-state index contributed by atoms with van der Waals surface area (Å²) in [7, 11) is 0. The van der Waals surface area contributed by atoms with Crippen molar-refractivity contribution in [2.24, 2.45) is 5.92 Å². The quantitative estimate of drug-likeness (QED) is 0.608. The van der Waals surface area contributed by atoms with Gasteiger partial charge in [-0.15, -0.1) is 0 Å². The van der Waals surface area contributed by atoms with E-state index in [4.69, 9.17) is 0 Å². The second-order valence-electron chi connectivity index (χ2n) is 7.87. The van der Waals surface area contributed by atoms with Gasteiger partial charge >= 0.3 is 6.61 Å². The molecule has 0 saturated heterocycles. The first-order valence-electron chi connectivity index (χ1n) is 10.3. The Kier molecular flexibility index (Phi) is 6.13. The van der Waals surface area contributed by atoms with Gasteiger partial charge in [0, 0.05) is 30.0 Å². The zero-order chi connectivity index (χ0) is 22.0. The van der Waals surface area contributed by atoms with Crippen molar-refractivity contribution in [1.29, 1.82) is 0 Å². The van der Waals surface area contributed by atoms with Gasteiger partial charge in [-0.25, -0.2) is 4.98 Å².